The maximum Gasteiger partial charge on any atom is 0.510 e. The zero-order valence-electron chi connectivity index (χ0n) is 22.3. The third-order valence-electron chi connectivity index (χ3n) is 7.73. The number of methoxy groups -OCH3 is 1. The zero-order chi connectivity index (χ0) is 29.0. The summed E-state index contributed by atoms with van der Waals surface area (Å²) >= 11 is 1.58. The number of benzene rings is 2. The molecule has 1 aliphatic carbocycles. The molecule has 4 aromatic rings. The van der Waals surface area contributed by atoms with Crippen LogP contribution in [0, 0.1) is 5.82 Å². The van der Waals surface area contributed by atoms with E-state index in [1.807, 2.05) is 40.7 Å². The Kier molecular flexibility index (Phi) is 6.43. The molecule has 214 valence electrons. The molecule has 1 saturated heterocycles. The van der Waals surface area contributed by atoms with E-state index in [0.29, 0.717) is 6.61 Å². The van der Waals surface area contributed by atoms with Crippen LogP contribution in [0.15, 0.2) is 71.0 Å². The Balaban J connectivity index is 1.47. The predicted octanol–water partition coefficient (Wildman–Crippen LogP) is 4.36. The Morgan fingerprint density at radius 1 is 1.07 bits per heavy atom. The Morgan fingerprint density at radius 2 is 1.90 bits per heavy atom. The van der Waals surface area contributed by atoms with Crippen molar-refractivity contribution in [3.05, 3.63) is 99.0 Å². The number of amides is 1. The molecule has 0 saturated carbocycles. The molecule has 42 heavy (non-hydrogen) atoms. The number of nitrogens with zero attached hydrogens (tertiary/aromatic N) is 3. The predicted molar refractivity (Wildman–Crippen MR) is 151 cm³/mol. The summed E-state index contributed by atoms with van der Waals surface area (Å²) in [7, 11) is 1.15. The number of hydrogen-bond donors (Lipinski definition) is 0. The van der Waals surface area contributed by atoms with Crippen molar-refractivity contribution in [3.8, 4) is 27.3 Å². The third-order valence-corrected chi connectivity index (χ3v) is 8.68. The van der Waals surface area contributed by atoms with Crippen LogP contribution >= 0.6 is 11.3 Å². The number of rotatable bonds is 4. The molecule has 0 unspecified atom stereocenters. The topological polar surface area (TPSA) is 99.5 Å². The summed E-state index contributed by atoms with van der Waals surface area (Å²) in [6.45, 7) is 0.164. The monoisotopic (exact) mass is 589 g/mol. The average molecular weight is 590 g/mol. The van der Waals surface area contributed by atoms with E-state index in [-0.39, 0.29) is 30.4 Å². The summed E-state index contributed by atoms with van der Waals surface area (Å²) in [4.78, 5) is 41.2. The van der Waals surface area contributed by atoms with Gasteiger partial charge in [0.15, 0.2) is 5.69 Å². The lowest BCUT2D eigenvalue weighted by Crippen LogP contribution is -2.66. The number of carbonyl (C=O) groups is 2. The Hall–Kier alpha value is -4.68. The normalized spacial score (nSPS) is 18.6. The summed E-state index contributed by atoms with van der Waals surface area (Å²) in [5.74, 6) is -1.05. The first kappa shape index (κ1) is 26.2. The minimum absolute atomic E-state index is 0.0192. The van der Waals surface area contributed by atoms with Crippen LogP contribution in [0.2, 0.25) is 0 Å². The standard InChI is InChI=1S/C30H24FN3O7S/c1-38-30(37)41-16-40-27-23(35)8-10-33-26(27)29(36)32-11-12-39-15-24(32)34(33)25-18-4-2-3-5-20(18)28-21(9-13-42-28)22-14-17(31)6-7-19(22)25/h2-10,13-14,24-25H,11-12,15-16H2,1H3/t24-,25+/m1/s1. The van der Waals surface area contributed by atoms with Gasteiger partial charge in [-0.25, -0.2) is 9.18 Å². The summed E-state index contributed by atoms with van der Waals surface area (Å²) in [5.41, 5.74) is 3.82. The first-order valence-electron chi connectivity index (χ1n) is 13.2. The highest BCUT2D eigenvalue weighted by Crippen LogP contribution is 2.50. The van der Waals surface area contributed by atoms with Gasteiger partial charge in [-0.3, -0.25) is 19.3 Å². The van der Waals surface area contributed by atoms with Crippen LogP contribution in [0.1, 0.15) is 27.7 Å². The van der Waals surface area contributed by atoms with Gasteiger partial charge in [-0.05, 0) is 45.8 Å². The van der Waals surface area contributed by atoms with Gasteiger partial charge >= 0.3 is 6.16 Å². The van der Waals surface area contributed by atoms with Crippen LogP contribution in [0.4, 0.5) is 9.18 Å². The van der Waals surface area contributed by atoms with Crippen molar-refractivity contribution in [3.63, 3.8) is 0 Å². The maximum absolute atomic E-state index is 14.8. The number of carbonyl (C=O) groups excluding carboxylic acids is 2. The van der Waals surface area contributed by atoms with Gasteiger partial charge in [-0.2, -0.15) is 0 Å². The molecule has 2 aromatic heterocycles. The minimum atomic E-state index is -0.993. The fourth-order valence-corrected chi connectivity index (χ4v) is 6.94. The van der Waals surface area contributed by atoms with E-state index in [1.165, 1.54) is 24.4 Å². The molecule has 2 aromatic carbocycles. The molecule has 10 nitrogen and oxygen atoms in total. The third kappa shape index (κ3) is 4.05. The van der Waals surface area contributed by atoms with E-state index >= 15 is 0 Å². The van der Waals surface area contributed by atoms with Crippen LogP contribution in [0.25, 0.3) is 21.6 Å². The van der Waals surface area contributed by atoms with E-state index in [2.05, 4.69) is 4.74 Å². The average Bonchev–Trinajstić information content (AvgIpc) is 3.46. The van der Waals surface area contributed by atoms with E-state index in [4.69, 9.17) is 14.2 Å². The molecule has 2 aliphatic heterocycles. The van der Waals surface area contributed by atoms with Crippen molar-refractivity contribution in [2.24, 2.45) is 0 Å². The number of hydrogen-bond acceptors (Lipinski definition) is 9. The van der Waals surface area contributed by atoms with Gasteiger partial charge in [0.1, 0.15) is 12.0 Å². The lowest BCUT2D eigenvalue weighted by Gasteiger charge is -2.51. The molecular formula is C30H24FN3O7S. The molecule has 0 bridgehead atoms. The quantitative estimate of drug-likeness (QED) is 0.256. The summed E-state index contributed by atoms with van der Waals surface area (Å²) in [6, 6.07) is 15.5. The summed E-state index contributed by atoms with van der Waals surface area (Å²) in [6.07, 6.45) is -0.0258. The molecule has 3 aliphatic rings. The van der Waals surface area contributed by atoms with E-state index in [0.717, 1.165) is 39.8 Å². The van der Waals surface area contributed by atoms with Crippen molar-refractivity contribution >= 4 is 23.4 Å². The van der Waals surface area contributed by atoms with Gasteiger partial charge in [0.05, 0.1) is 26.4 Å². The largest absolute Gasteiger partial charge is 0.510 e. The van der Waals surface area contributed by atoms with Gasteiger partial charge in [-0.1, -0.05) is 30.3 Å². The highest BCUT2D eigenvalue weighted by molar-refractivity contribution is 7.14. The second-order valence-corrected chi connectivity index (χ2v) is 10.8. The first-order valence-corrected chi connectivity index (χ1v) is 14.1. The van der Waals surface area contributed by atoms with Crippen molar-refractivity contribution < 1.29 is 32.9 Å². The van der Waals surface area contributed by atoms with Gasteiger partial charge in [0.25, 0.3) is 5.91 Å². The lowest BCUT2D eigenvalue weighted by molar-refractivity contribution is -0.0208. The molecule has 1 fully saturated rings. The maximum atomic E-state index is 14.8. The van der Waals surface area contributed by atoms with Crippen LogP contribution in [-0.4, -0.2) is 61.5 Å². The fourth-order valence-electron chi connectivity index (χ4n) is 5.98. The second-order valence-electron chi connectivity index (χ2n) is 9.88. The number of morpholine rings is 1. The number of thiophene rings is 1. The van der Waals surface area contributed by atoms with Gasteiger partial charge in [0.2, 0.25) is 18.0 Å². The Labute approximate surface area is 243 Å². The van der Waals surface area contributed by atoms with Gasteiger partial charge in [-0.15, -0.1) is 11.3 Å². The molecular weight excluding hydrogens is 565 g/mol. The molecule has 0 radical (unpaired) electrons. The van der Waals surface area contributed by atoms with E-state index in [1.54, 1.807) is 27.0 Å². The Bertz CT molecular complexity index is 1790. The van der Waals surface area contributed by atoms with Crippen LogP contribution in [0.5, 0.6) is 5.75 Å². The van der Waals surface area contributed by atoms with Crippen LogP contribution in [0.3, 0.4) is 0 Å². The van der Waals surface area contributed by atoms with Gasteiger partial charge < -0.3 is 23.8 Å². The second kappa shape index (κ2) is 10.3. The SMILES string of the molecule is COC(=O)OCOc1c2n(ccc1=O)N([C@@H]1c3ccc(F)cc3-c3ccsc3-c3ccccc31)[C@@H]1COCCN1C2=O. The Morgan fingerprint density at radius 3 is 2.76 bits per heavy atom. The number of aromatic nitrogens is 1. The highest BCUT2D eigenvalue weighted by atomic mass is 32.1. The number of ether oxygens (including phenoxy) is 4. The minimum Gasteiger partial charge on any atom is -0.451 e. The molecule has 4 heterocycles. The van der Waals surface area contributed by atoms with Crippen molar-refractivity contribution in [1.29, 1.82) is 0 Å². The van der Waals surface area contributed by atoms with E-state index < -0.39 is 36.5 Å². The van der Waals surface area contributed by atoms with Crippen molar-refractivity contribution in [2.75, 3.05) is 38.7 Å². The van der Waals surface area contributed by atoms with Crippen LogP contribution < -0.4 is 15.2 Å². The van der Waals surface area contributed by atoms with Crippen LogP contribution in [-0.2, 0) is 14.2 Å². The fraction of sp³-hybridized carbons (Fsp3) is 0.233. The molecule has 0 spiro atoms. The molecule has 1 amide bonds. The number of fused-ring (bicyclic) bond motifs is 7. The molecule has 7 rings (SSSR count). The van der Waals surface area contributed by atoms with E-state index in [9.17, 15) is 18.8 Å². The smallest absolute Gasteiger partial charge is 0.451 e. The molecule has 12 heteroatoms. The number of pyridine rings is 1. The van der Waals surface area contributed by atoms with Crippen molar-refractivity contribution in [1.82, 2.24) is 9.58 Å². The zero-order valence-corrected chi connectivity index (χ0v) is 23.1. The summed E-state index contributed by atoms with van der Waals surface area (Å²) < 4.78 is 37.2. The molecule has 2 atom stereocenters. The number of halogens is 1. The molecule has 0 N–H and O–H groups in total. The highest BCUT2D eigenvalue weighted by Gasteiger charge is 2.46. The van der Waals surface area contributed by atoms with Gasteiger partial charge in [0, 0.05) is 29.2 Å². The summed E-state index contributed by atoms with van der Waals surface area (Å²) in [5, 5.41) is 3.97. The van der Waals surface area contributed by atoms with Crippen molar-refractivity contribution in [2.45, 2.75) is 12.2 Å². The lowest BCUT2D eigenvalue weighted by atomic mass is 9.92. The first-order chi connectivity index (χ1) is 20.5.